The minimum Gasteiger partial charge on any atom is -0.461 e. The molecule has 2 aliphatic carbocycles. The van der Waals surface area contributed by atoms with E-state index in [0.717, 1.165) is 12.8 Å². The summed E-state index contributed by atoms with van der Waals surface area (Å²) in [5.74, 6) is -0.732. The topological polar surface area (TPSA) is 245 Å². The van der Waals surface area contributed by atoms with Crippen LogP contribution in [0, 0.1) is 11.3 Å². The van der Waals surface area contributed by atoms with Gasteiger partial charge in [0.15, 0.2) is 6.29 Å². The lowest BCUT2D eigenvalue weighted by molar-refractivity contribution is -0.331. The Bertz CT molecular complexity index is 1350. The van der Waals surface area contributed by atoms with Crippen molar-refractivity contribution < 1.29 is 74.4 Å². The maximum absolute atomic E-state index is 13.7. The lowest BCUT2D eigenvalue weighted by Crippen LogP contribution is -2.60. The minimum absolute atomic E-state index is 0.00210. The summed E-state index contributed by atoms with van der Waals surface area (Å²) in [6.45, 7) is 4.37. The van der Waals surface area contributed by atoms with Gasteiger partial charge in [-0.1, -0.05) is 27.2 Å². The molecular weight excluding hydrogens is 624 g/mol. The van der Waals surface area contributed by atoms with Crippen molar-refractivity contribution in [1.82, 2.24) is 0 Å². The molecule has 0 amide bonds. The van der Waals surface area contributed by atoms with E-state index in [9.17, 15) is 50.8 Å². The van der Waals surface area contributed by atoms with Crippen LogP contribution >= 0.6 is 0 Å². The number of carbonyl (C=O) groups excluding carboxylic acids is 1. The van der Waals surface area contributed by atoms with Crippen LogP contribution < -0.4 is 4.74 Å². The highest BCUT2D eigenvalue weighted by Crippen LogP contribution is 2.61. The molecule has 1 aromatic carbocycles. The molecule has 0 radical (unpaired) electrons. The Morgan fingerprint density at radius 1 is 0.809 bits per heavy atom. The first kappa shape index (κ1) is 34.9. The monoisotopic (exact) mass is 670 g/mol. The van der Waals surface area contributed by atoms with Crippen LogP contribution in [0.25, 0.3) is 0 Å². The summed E-state index contributed by atoms with van der Waals surface area (Å²) in [6, 6.07) is 0. The van der Waals surface area contributed by atoms with Gasteiger partial charge in [0.1, 0.15) is 54.6 Å². The van der Waals surface area contributed by atoms with Gasteiger partial charge in [-0.15, -0.1) is 0 Å². The first-order chi connectivity index (χ1) is 22.2. The van der Waals surface area contributed by atoms with Crippen molar-refractivity contribution in [2.45, 2.75) is 133 Å². The van der Waals surface area contributed by atoms with Crippen molar-refractivity contribution >= 4 is 5.97 Å². The summed E-state index contributed by atoms with van der Waals surface area (Å²) in [5, 5.41) is 93.2. The van der Waals surface area contributed by atoms with Crippen LogP contribution in [0.3, 0.4) is 0 Å². The summed E-state index contributed by atoms with van der Waals surface area (Å²) < 4.78 is 29.2. The molecule has 9 N–H and O–H groups in total. The summed E-state index contributed by atoms with van der Waals surface area (Å²) >= 11 is 0. The third kappa shape index (κ3) is 5.48. The van der Waals surface area contributed by atoms with E-state index in [4.69, 9.17) is 23.7 Å². The van der Waals surface area contributed by atoms with Crippen molar-refractivity contribution in [2.75, 3.05) is 13.2 Å². The van der Waals surface area contributed by atoms with Crippen LogP contribution in [0.2, 0.25) is 0 Å². The van der Waals surface area contributed by atoms with Crippen molar-refractivity contribution in [3.05, 3.63) is 27.8 Å². The number of ether oxygens (including phenoxy) is 5. The maximum atomic E-state index is 13.7. The van der Waals surface area contributed by atoms with E-state index in [1.807, 2.05) is 0 Å². The minimum atomic E-state index is -1.77. The smallest absolute Gasteiger partial charge is 0.341 e. The fourth-order valence-corrected chi connectivity index (χ4v) is 8.82. The van der Waals surface area contributed by atoms with E-state index >= 15 is 0 Å². The quantitative estimate of drug-likeness (QED) is 0.148. The predicted octanol–water partition coefficient (Wildman–Crippen LogP) is -1.63. The number of hydrogen-bond acceptors (Lipinski definition) is 15. The molecule has 15 nitrogen and oxygen atoms in total. The summed E-state index contributed by atoms with van der Waals surface area (Å²) in [6.07, 6.45) is -13.8. The molecular formula is C32H46O15. The highest BCUT2D eigenvalue weighted by Gasteiger charge is 2.56. The van der Waals surface area contributed by atoms with E-state index in [-0.39, 0.29) is 33.8 Å². The molecule has 0 spiro atoms. The average molecular weight is 671 g/mol. The van der Waals surface area contributed by atoms with Crippen LogP contribution in [-0.4, -0.2) is 127 Å². The van der Waals surface area contributed by atoms with Gasteiger partial charge in [-0.05, 0) is 53.6 Å². The van der Waals surface area contributed by atoms with Gasteiger partial charge in [-0.25, -0.2) is 4.79 Å². The maximum Gasteiger partial charge on any atom is 0.341 e. The zero-order chi connectivity index (χ0) is 34.2. The van der Waals surface area contributed by atoms with Gasteiger partial charge in [-0.2, -0.15) is 0 Å². The number of rotatable bonds is 7. The van der Waals surface area contributed by atoms with Crippen molar-refractivity contribution in [3.8, 4) is 5.75 Å². The van der Waals surface area contributed by atoms with E-state index in [1.54, 1.807) is 0 Å². The van der Waals surface area contributed by atoms with Crippen LogP contribution in [0.4, 0.5) is 0 Å². The van der Waals surface area contributed by atoms with Crippen LogP contribution in [0.15, 0.2) is 0 Å². The summed E-state index contributed by atoms with van der Waals surface area (Å²) in [7, 11) is 0. The Kier molecular flexibility index (Phi) is 9.43. The standard InChI is InChI=1S/C32H46O15/c1-31(2)7-4-8-32(3)16(31)6-5-12-19(32)18-17(13(9-33)26(12)45-29-24(40)22(38)20(36)14(10-34)43-29)27(42)46-28(18)47-30-25(41)23(39)21(37)15(11-35)44-30/h14-16,20-25,28-30,33-41H,4-11H2,1-3H3/t14-,15-,16+,20-,21-,22+,23+,24-,25-,28-,29+,30+,32+/m1/s1. The van der Waals surface area contributed by atoms with E-state index in [2.05, 4.69) is 20.8 Å². The van der Waals surface area contributed by atoms with Crippen LogP contribution in [0.1, 0.15) is 85.4 Å². The third-order valence-corrected chi connectivity index (χ3v) is 11.2. The molecule has 3 fully saturated rings. The normalized spacial score (nSPS) is 42.7. The van der Waals surface area contributed by atoms with Gasteiger partial charge >= 0.3 is 5.97 Å². The van der Waals surface area contributed by atoms with Gasteiger partial charge in [0.05, 0.1) is 25.4 Å². The number of esters is 1. The zero-order valence-electron chi connectivity index (χ0n) is 26.6. The number of aliphatic hydroxyl groups is 9. The first-order valence-electron chi connectivity index (χ1n) is 16.2. The van der Waals surface area contributed by atoms with E-state index < -0.39 is 98.9 Å². The highest BCUT2D eigenvalue weighted by atomic mass is 16.8. The highest BCUT2D eigenvalue weighted by molar-refractivity contribution is 5.97. The van der Waals surface area contributed by atoms with Gasteiger partial charge < -0.3 is 69.6 Å². The largest absolute Gasteiger partial charge is 0.461 e. The molecule has 5 aliphatic rings. The summed E-state index contributed by atoms with van der Waals surface area (Å²) in [5.41, 5.74) is 0.769. The molecule has 1 saturated carbocycles. The average Bonchev–Trinajstić information content (AvgIpc) is 3.35. The Morgan fingerprint density at radius 2 is 1.40 bits per heavy atom. The van der Waals surface area contributed by atoms with Crippen molar-refractivity contribution in [1.29, 1.82) is 0 Å². The third-order valence-electron chi connectivity index (χ3n) is 11.2. The van der Waals surface area contributed by atoms with E-state index in [1.165, 1.54) is 0 Å². The Balaban J connectivity index is 1.50. The zero-order valence-corrected chi connectivity index (χ0v) is 26.6. The lowest BCUT2D eigenvalue weighted by atomic mass is 9.49. The number of carbonyl (C=O) groups is 1. The van der Waals surface area contributed by atoms with Gasteiger partial charge in [0.2, 0.25) is 12.6 Å². The number of benzene rings is 1. The van der Waals surface area contributed by atoms with E-state index in [0.29, 0.717) is 30.4 Å². The predicted molar refractivity (Wildman–Crippen MR) is 157 cm³/mol. The van der Waals surface area contributed by atoms with Crippen LogP contribution in [-0.2, 0) is 37.4 Å². The second-order valence-electron chi connectivity index (χ2n) is 14.3. The molecule has 1 aromatic rings. The SMILES string of the molecule is CC1(C)CCC[C@]2(C)c3c(c(O[C@@H]4O[C@H](CO)[C@@H](O)[C@H](O)[C@H]4O)c(CO)c4c3[C@@H](O[C@@H]3O[C@H](CO)[C@@H](O)[C@H](O)[C@H]3O)OC4=O)CC[C@@H]12. The number of fused-ring (bicyclic) bond motifs is 5. The number of aliphatic hydroxyl groups excluding tert-OH is 9. The molecule has 0 unspecified atom stereocenters. The van der Waals surface area contributed by atoms with Crippen LogP contribution in [0.5, 0.6) is 5.75 Å². The molecule has 264 valence electrons. The molecule has 2 saturated heterocycles. The molecule has 3 aliphatic heterocycles. The van der Waals surface area contributed by atoms with Crippen molar-refractivity contribution in [2.24, 2.45) is 11.3 Å². The summed E-state index contributed by atoms with van der Waals surface area (Å²) in [4.78, 5) is 13.7. The number of cyclic esters (lactones) is 1. The Morgan fingerprint density at radius 3 is 2.00 bits per heavy atom. The molecule has 0 aromatic heterocycles. The fourth-order valence-electron chi connectivity index (χ4n) is 8.82. The van der Waals surface area contributed by atoms with Gasteiger partial charge in [0.25, 0.3) is 0 Å². The fraction of sp³-hybridized carbons (Fsp3) is 0.781. The van der Waals surface area contributed by atoms with Gasteiger partial charge in [0, 0.05) is 11.1 Å². The Hall–Kier alpha value is -1.99. The molecule has 0 bridgehead atoms. The second kappa shape index (κ2) is 12.7. The first-order valence-corrected chi connectivity index (χ1v) is 16.2. The lowest BCUT2D eigenvalue weighted by Gasteiger charge is -2.55. The molecule has 15 heteroatoms. The second-order valence-corrected chi connectivity index (χ2v) is 14.3. The molecule has 3 heterocycles. The number of hydrogen-bond donors (Lipinski definition) is 9. The van der Waals surface area contributed by atoms with Crippen molar-refractivity contribution in [3.63, 3.8) is 0 Å². The molecule has 13 atom stereocenters. The molecule has 47 heavy (non-hydrogen) atoms. The van der Waals surface area contributed by atoms with Gasteiger partial charge in [-0.3, -0.25) is 0 Å². The Labute approximate surface area is 271 Å². The molecule has 6 rings (SSSR count).